The van der Waals surface area contributed by atoms with Crippen LogP contribution in [0.15, 0.2) is 29.1 Å². The Balaban J connectivity index is 1.74. The van der Waals surface area contributed by atoms with Crippen molar-refractivity contribution in [3.05, 3.63) is 45.7 Å². The number of H-pyrrole nitrogens is 1. The van der Waals surface area contributed by atoms with Crippen molar-refractivity contribution in [1.82, 2.24) is 9.88 Å². The molecule has 1 amide bonds. The summed E-state index contributed by atoms with van der Waals surface area (Å²) < 4.78 is 0. The highest BCUT2D eigenvalue weighted by atomic mass is 16.2. The van der Waals surface area contributed by atoms with Gasteiger partial charge in [-0.1, -0.05) is 19.1 Å². The van der Waals surface area contributed by atoms with Gasteiger partial charge in [-0.15, -0.1) is 0 Å². The highest BCUT2D eigenvalue weighted by Gasteiger charge is 2.26. The lowest BCUT2D eigenvalue weighted by Gasteiger charge is -2.23. The number of nitrogens with one attached hydrogen (secondary N) is 1. The molecule has 2 aromatic rings. The van der Waals surface area contributed by atoms with Crippen LogP contribution in [0.5, 0.6) is 0 Å². The molecule has 0 radical (unpaired) electrons. The van der Waals surface area contributed by atoms with E-state index in [9.17, 15) is 9.59 Å². The standard InChI is InChI=1S/C19H24N2O2/c1-3-16-5-4-10-21(16)18(22)9-8-15-12-14-7-6-13(2)11-17(14)20-19(15)23/h6-7,11-12,16H,3-5,8-10H2,1-2H3,(H,20,23). The Morgan fingerprint density at radius 3 is 2.96 bits per heavy atom. The molecule has 122 valence electrons. The molecule has 1 aromatic carbocycles. The van der Waals surface area contributed by atoms with Gasteiger partial charge in [0.2, 0.25) is 5.91 Å². The molecule has 1 aliphatic rings. The van der Waals surface area contributed by atoms with Crippen molar-refractivity contribution in [2.45, 2.75) is 52.0 Å². The number of fused-ring (bicyclic) bond motifs is 1. The van der Waals surface area contributed by atoms with Gasteiger partial charge in [-0.2, -0.15) is 0 Å². The average Bonchev–Trinajstić information content (AvgIpc) is 3.01. The van der Waals surface area contributed by atoms with E-state index in [0.717, 1.165) is 42.3 Å². The highest BCUT2D eigenvalue weighted by molar-refractivity contribution is 5.80. The lowest BCUT2D eigenvalue weighted by molar-refractivity contribution is -0.132. The van der Waals surface area contributed by atoms with Crippen LogP contribution in [0.1, 0.15) is 43.7 Å². The second-order valence-electron chi connectivity index (χ2n) is 6.51. The Hall–Kier alpha value is -2.10. The maximum absolute atomic E-state index is 12.4. The Bertz CT molecular complexity index is 779. The Labute approximate surface area is 136 Å². The fourth-order valence-corrected chi connectivity index (χ4v) is 3.52. The molecule has 0 bridgehead atoms. The van der Waals surface area contributed by atoms with Crippen LogP contribution >= 0.6 is 0 Å². The molecule has 1 N–H and O–H groups in total. The van der Waals surface area contributed by atoms with Crippen molar-refractivity contribution in [1.29, 1.82) is 0 Å². The van der Waals surface area contributed by atoms with Crippen LogP contribution in [0.3, 0.4) is 0 Å². The average molecular weight is 312 g/mol. The Morgan fingerprint density at radius 1 is 1.35 bits per heavy atom. The predicted molar refractivity (Wildman–Crippen MR) is 92.7 cm³/mol. The number of hydrogen-bond donors (Lipinski definition) is 1. The number of pyridine rings is 1. The van der Waals surface area contributed by atoms with Gasteiger partial charge in [-0.25, -0.2) is 0 Å². The lowest BCUT2D eigenvalue weighted by Crippen LogP contribution is -2.35. The summed E-state index contributed by atoms with van der Waals surface area (Å²) in [5.74, 6) is 0.178. The number of nitrogens with zero attached hydrogens (tertiary/aromatic N) is 1. The zero-order valence-corrected chi connectivity index (χ0v) is 13.9. The molecule has 1 aliphatic heterocycles. The van der Waals surface area contributed by atoms with Crippen molar-refractivity contribution >= 4 is 16.8 Å². The second-order valence-corrected chi connectivity index (χ2v) is 6.51. The molecule has 4 nitrogen and oxygen atoms in total. The van der Waals surface area contributed by atoms with Gasteiger partial charge >= 0.3 is 0 Å². The van der Waals surface area contributed by atoms with Crippen LogP contribution < -0.4 is 5.56 Å². The summed E-state index contributed by atoms with van der Waals surface area (Å²) in [5.41, 5.74) is 2.60. The third-order valence-electron chi connectivity index (χ3n) is 4.86. The van der Waals surface area contributed by atoms with E-state index in [0.29, 0.717) is 24.4 Å². The van der Waals surface area contributed by atoms with E-state index >= 15 is 0 Å². The topological polar surface area (TPSA) is 53.2 Å². The zero-order chi connectivity index (χ0) is 16.4. The summed E-state index contributed by atoms with van der Waals surface area (Å²) in [6, 6.07) is 8.33. The molecule has 3 rings (SSSR count). The SMILES string of the molecule is CCC1CCCN1C(=O)CCc1cc2ccc(C)cc2[nH]c1=O. The first kappa shape index (κ1) is 15.8. The van der Waals surface area contributed by atoms with E-state index in [2.05, 4.69) is 11.9 Å². The summed E-state index contributed by atoms with van der Waals surface area (Å²) in [6.45, 7) is 5.00. The van der Waals surface area contributed by atoms with Gasteiger partial charge in [0.15, 0.2) is 0 Å². The van der Waals surface area contributed by atoms with Crippen LogP contribution in [0.4, 0.5) is 0 Å². The van der Waals surface area contributed by atoms with E-state index in [1.54, 1.807) is 0 Å². The first-order valence-electron chi connectivity index (χ1n) is 8.50. The van der Waals surface area contributed by atoms with Crippen LogP contribution in [0.25, 0.3) is 10.9 Å². The Kier molecular flexibility index (Phi) is 4.51. The minimum Gasteiger partial charge on any atom is -0.340 e. The van der Waals surface area contributed by atoms with Crippen molar-refractivity contribution in [3.63, 3.8) is 0 Å². The lowest BCUT2D eigenvalue weighted by atomic mass is 10.1. The third-order valence-corrected chi connectivity index (χ3v) is 4.86. The van der Waals surface area contributed by atoms with Gasteiger partial charge in [0.25, 0.3) is 5.56 Å². The van der Waals surface area contributed by atoms with Gasteiger partial charge in [-0.3, -0.25) is 9.59 Å². The molecule has 0 saturated carbocycles. The molecular weight excluding hydrogens is 288 g/mol. The fourth-order valence-electron chi connectivity index (χ4n) is 3.52. The summed E-state index contributed by atoms with van der Waals surface area (Å²) in [5, 5.41) is 1.02. The molecule has 1 saturated heterocycles. The fraction of sp³-hybridized carbons (Fsp3) is 0.474. The van der Waals surface area contributed by atoms with Crippen molar-refractivity contribution in [3.8, 4) is 0 Å². The Morgan fingerprint density at radius 2 is 2.17 bits per heavy atom. The number of aryl methyl sites for hydroxylation is 2. The molecule has 23 heavy (non-hydrogen) atoms. The third kappa shape index (κ3) is 3.31. The summed E-state index contributed by atoms with van der Waals surface area (Å²) in [7, 11) is 0. The van der Waals surface area contributed by atoms with Crippen LogP contribution in [0, 0.1) is 6.92 Å². The van der Waals surface area contributed by atoms with E-state index in [-0.39, 0.29) is 11.5 Å². The van der Waals surface area contributed by atoms with Crippen LogP contribution in [-0.2, 0) is 11.2 Å². The van der Waals surface area contributed by atoms with Crippen molar-refractivity contribution in [2.24, 2.45) is 0 Å². The molecule has 0 spiro atoms. The maximum Gasteiger partial charge on any atom is 0.251 e. The number of aromatic amines is 1. The maximum atomic E-state index is 12.4. The normalized spacial score (nSPS) is 17.8. The largest absolute Gasteiger partial charge is 0.340 e. The van der Waals surface area contributed by atoms with Crippen LogP contribution in [-0.4, -0.2) is 28.4 Å². The first-order chi connectivity index (χ1) is 11.1. The summed E-state index contributed by atoms with van der Waals surface area (Å²) in [6.07, 6.45) is 4.14. The molecule has 1 atom stereocenters. The number of hydrogen-bond acceptors (Lipinski definition) is 2. The van der Waals surface area contributed by atoms with Gasteiger partial charge < -0.3 is 9.88 Å². The van der Waals surface area contributed by atoms with Gasteiger partial charge in [0, 0.05) is 30.1 Å². The van der Waals surface area contributed by atoms with Gasteiger partial charge in [0.05, 0.1) is 0 Å². The van der Waals surface area contributed by atoms with Gasteiger partial charge in [0.1, 0.15) is 0 Å². The minimum absolute atomic E-state index is 0.0793. The van der Waals surface area contributed by atoms with Crippen LogP contribution in [0.2, 0.25) is 0 Å². The van der Waals surface area contributed by atoms with Crippen molar-refractivity contribution in [2.75, 3.05) is 6.54 Å². The highest BCUT2D eigenvalue weighted by Crippen LogP contribution is 2.21. The predicted octanol–water partition coefficient (Wildman–Crippen LogP) is 3.17. The first-order valence-corrected chi connectivity index (χ1v) is 8.50. The molecule has 2 heterocycles. The van der Waals surface area contributed by atoms with Crippen molar-refractivity contribution < 1.29 is 4.79 Å². The molecule has 1 aromatic heterocycles. The number of carbonyl (C=O) groups is 1. The number of likely N-dealkylation sites (tertiary alicyclic amines) is 1. The molecule has 0 aliphatic carbocycles. The number of carbonyl (C=O) groups excluding carboxylic acids is 1. The molecule has 4 heteroatoms. The zero-order valence-electron chi connectivity index (χ0n) is 13.9. The molecular formula is C19H24N2O2. The van der Waals surface area contributed by atoms with E-state index in [4.69, 9.17) is 0 Å². The second kappa shape index (κ2) is 6.57. The number of aromatic nitrogens is 1. The van der Waals surface area contributed by atoms with E-state index in [1.165, 1.54) is 0 Å². The smallest absolute Gasteiger partial charge is 0.251 e. The molecule has 1 fully saturated rings. The number of rotatable bonds is 4. The minimum atomic E-state index is -0.0793. The number of benzene rings is 1. The van der Waals surface area contributed by atoms with E-state index < -0.39 is 0 Å². The molecule has 1 unspecified atom stereocenters. The summed E-state index contributed by atoms with van der Waals surface area (Å²) >= 11 is 0. The van der Waals surface area contributed by atoms with Gasteiger partial charge in [-0.05, 0) is 55.7 Å². The van der Waals surface area contributed by atoms with E-state index in [1.807, 2.05) is 36.1 Å². The summed E-state index contributed by atoms with van der Waals surface area (Å²) in [4.78, 5) is 29.6. The monoisotopic (exact) mass is 312 g/mol. The quantitative estimate of drug-likeness (QED) is 0.943. The number of amides is 1.